The molecule has 14 heavy (non-hydrogen) atoms. The van der Waals surface area contributed by atoms with Gasteiger partial charge >= 0.3 is 0 Å². The molecule has 1 aliphatic heterocycles. The van der Waals surface area contributed by atoms with Crippen molar-refractivity contribution in [2.24, 2.45) is 5.92 Å². The quantitative estimate of drug-likeness (QED) is 0.750. The largest absolute Gasteiger partial charge is 0.375 e. The van der Waals surface area contributed by atoms with E-state index in [1.54, 1.807) is 0 Å². The van der Waals surface area contributed by atoms with E-state index in [2.05, 4.69) is 19.2 Å². The van der Waals surface area contributed by atoms with Crippen molar-refractivity contribution < 1.29 is 4.74 Å². The smallest absolute Gasteiger partial charge is 0.0685 e. The molecule has 0 bridgehead atoms. The van der Waals surface area contributed by atoms with Crippen molar-refractivity contribution in [3.05, 3.63) is 0 Å². The lowest BCUT2D eigenvalue weighted by molar-refractivity contribution is -0.146. The van der Waals surface area contributed by atoms with E-state index in [0.717, 1.165) is 19.1 Å². The van der Waals surface area contributed by atoms with Gasteiger partial charge in [-0.2, -0.15) is 0 Å². The minimum absolute atomic E-state index is 0.312. The van der Waals surface area contributed by atoms with Crippen molar-refractivity contribution in [2.75, 3.05) is 13.2 Å². The summed E-state index contributed by atoms with van der Waals surface area (Å²) in [5, 5.41) is 3.55. The van der Waals surface area contributed by atoms with Crippen molar-refractivity contribution in [2.45, 2.75) is 57.6 Å². The minimum atomic E-state index is 0.312. The van der Waals surface area contributed by atoms with Crippen LogP contribution in [0.3, 0.4) is 0 Å². The van der Waals surface area contributed by atoms with Crippen molar-refractivity contribution in [3.8, 4) is 0 Å². The number of hydrogen-bond donors (Lipinski definition) is 1. The second-order valence-electron chi connectivity index (χ2n) is 4.98. The third-order valence-electron chi connectivity index (χ3n) is 4.03. The number of rotatable bonds is 3. The average Bonchev–Trinajstić information content (AvgIpc) is 2.16. The van der Waals surface area contributed by atoms with Crippen LogP contribution in [-0.4, -0.2) is 24.8 Å². The number of nitrogens with one attached hydrogen (secondary N) is 1. The monoisotopic (exact) mass is 197 g/mol. The molecule has 1 saturated carbocycles. The molecule has 0 aromatic heterocycles. The number of ether oxygens (including phenoxy) is 1. The van der Waals surface area contributed by atoms with Gasteiger partial charge in [0.25, 0.3) is 0 Å². The Hall–Kier alpha value is -0.0800. The summed E-state index contributed by atoms with van der Waals surface area (Å²) in [5.41, 5.74) is 0.312. The topological polar surface area (TPSA) is 21.3 Å². The molecule has 2 unspecified atom stereocenters. The summed E-state index contributed by atoms with van der Waals surface area (Å²) in [6.07, 6.45) is 6.53. The van der Waals surface area contributed by atoms with Crippen molar-refractivity contribution in [3.63, 3.8) is 0 Å². The Morgan fingerprint density at radius 3 is 2.86 bits per heavy atom. The van der Waals surface area contributed by atoms with E-state index in [9.17, 15) is 0 Å². The highest BCUT2D eigenvalue weighted by molar-refractivity contribution is 4.95. The van der Waals surface area contributed by atoms with E-state index in [4.69, 9.17) is 4.74 Å². The van der Waals surface area contributed by atoms with Crippen molar-refractivity contribution in [1.29, 1.82) is 0 Å². The molecular weight excluding hydrogens is 174 g/mol. The summed E-state index contributed by atoms with van der Waals surface area (Å²) in [5.74, 6) is 0.837. The molecule has 1 N–H and O–H groups in total. The fourth-order valence-corrected chi connectivity index (χ4v) is 2.90. The highest BCUT2D eigenvalue weighted by Crippen LogP contribution is 2.44. The van der Waals surface area contributed by atoms with Gasteiger partial charge in [0.15, 0.2) is 0 Å². The third-order valence-corrected chi connectivity index (χ3v) is 4.03. The third kappa shape index (κ3) is 1.96. The van der Waals surface area contributed by atoms with Gasteiger partial charge in [-0.1, -0.05) is 6.92 Å². The average molecular weight is 197 g/mol. The van der Waals surface area contributed by atoms with E-state index >= 15 is 0 Å². The van der Waals surface area contributed by atoms with Crippen LogP contribution in [-0.2, 0) is 4.74 Å². The molecule has 0 amide bonds. The summed E-state index contributed by atoms with van der Waals surface area (Å²) >= 11 is 0. The zero-order valence-corrected chi connectivity index (χ0v) is 9.51. The molecule has 1 saturated heterocycles. The van der Waals surface area contributed by atoms with Crippen LogP contribution in [0.1, 0.15) is 46.0 Å². The van der Waals surface area contributed by atoms with Crippen LogP contribution >= 0.6 is 0 Å². The molecule has 2 aliphatic rings. The predicted molar refractivity (Wildman–Crippen MR) is 58.4 cm³/mol. The van der Waals surface area contributed by atoms with Crippen LogP contribution in [0.15, 0.2) is 0 Å². The molecule has 2 atom stereocenters. The van der Waals surface area contributed by atoms with Gasteiger partial charge in [-0.05, 0) is 51.5 Å². The zero-order valence-electron chi connectivity index (χ0n) is 9.51. The summed E-state index contributed by atoms with van der Waals surface area (Å²) in [7, 11) is 0. The fourth-order valence-electron chi connectivity index (χ4n) is 2.90. The first-order valence-electron chi connectivity index (χ1n) is 6.13. The molecule has 1 spiro atoms. The highest BCUT2D eigenvalue weighted by Gasteiger charge is 2.43. The zero-order chi connectivity index (χ0) is 10.0. The van der Waals surface area contributed by atoms with E-state index in [1.807, 2.05) is 0 Å². The van der Waals surface area contributed by atoms with Gasteiger partial charge in [0.1, 0.15) is 0 Å². The van der Waals surface area contributed by atoms with E-state index in [1.165, 1.54) is 32.1 Å². The van der Waals surface area contributed by atoms with Crippen LogP contribution in [0, 0.1) is 5.92 Å². The Balaban J connectivity index is 1.87. The van der Waals surface area contributed by atoms with Gasteiger partial charge < -0.3 is 10.1 Å². The second kappa shape index (κ2) is 4.19. The van der Waals surface area contributed by atoms with Crippen LogP contribution in [0.25, 0.3) is 0 Å². The van der Waals surface area contributed by atoms with Gasteiger partial charge in [-0.3, -0.25) is 0 Å². The molecule has 0 aromatic carbocycles. The lowest BCUT2D eigenvalue weighted by atomic mass is 9.70. The first kappa shape index (κ1) is 10.4. The summed E-state index contributed by atoms with van der Waals surface area (Å²) < 4.78 is 5.93. The summed E-state index contributed by atoms with van der Waals surface area (Å²) in [6, 6.07) is 0.668. The van der Waals surface area contributed by atoms with Crippen LogP contribution < -0.4 is 5.32 Å². The molecule has 82 valence electrons. The number of hydrogen-bond acceptors (Lipinski definition) is 2. The van der Waals surface area contributed by atoms with Crippen molar-refractivity contribution in [1.82, 2.24) is 5.32 Å². The molecule has 0 radical (unpaired) electrons. The van der Waals surface area contributed by atoms with E-state index in [0.29, 0.717) is 11.6 Å². The molecule has 0 aromatic rings. The van der Waals surface area contributed by atoms with E-state index < -0.39 is 0 Å². The first-order valence-corrected chi connectivity index (χ1v) is 6.13. The molecule has 1 aliphatic carbocycles. The van der Waals surface area contributed by atoms with E-state index in [-0.39, 0.29) is 0 Å². The van der Waals surface area contributed by atoms with Crippen molar-refractivity contribution >= 4 is 0 Å². The molecule has 1 heterocycles. The van der Waals surface area contributed by atoms with Gasteiger partial charge in [0.05, 0.1) is 5.60 Å². The molecule has 2 fully saturated rings. The maximum absolute atomic E-state index is 5.93. The Morgan fingerprint density at radius 2 is 2.29 bits per heavy atom. The highest BCUT2D eigenvalue weighted by atomic mass is 16.5. The minimum Gasteiger partial charge on any atom is -0.375 e. The molecular formula is C12H23NO. The van der Waals surface area contributed by atoms with Crippen LogP contribution in [0.4, 0.5) is 0 Å². The van der Waals surface area contributed by atoms with Gasteiger partial charge in [0, 0.05) is 12.6 Å². The Kier molecular flexibility index (Phi) is 3.13. The predicted octanol–water partition coefficient (Wildman–Crippen LogP) is 2.33. The Labute approximate surface area is 87.4 Å². The summed E-state index contributed by atoms with van der Waals surface area (Å²) in [6.45, 7) is 6.59. The first-order chi connectivity index (χ1) is 6.76. The van der Waals surface area contributed by atoms with Gasteiger partial charge in [0.2, 0.25) is 0 Å². The van der Waals surface area contributed by atoms with Crippen LogP contribution in [0.2, 0.25) is 0 Å². The Morgan fingerprint density at radius 1 is 1.50 bits per heavy atom. The standard InChI is InChI=1S/C12H23NO/c1-3-13-10(2)11-5-8-14-12(9-11)6-4-7-12/h10-11,13H,3-9H2,1-2H3. The normalized spacial score (nSPS) is 32.6. The molecule has 2 rings (SSSR count). The second-order valence-corrected chi connectivity index (χ2v) is 4.98. The summed E-state index contributed by atoms with van der Waals surface area (Å²) in [4.78, 5) is 0. The lowest BCUT2D eigenvalue weighted by Crippen LogP contribution is -2.49. The lowest BCUT2D eigenvalue weighted by Gasteiger charge is -2.48. The maximum atomic E-state index is 5.93. The fraction of sp³-hybridized carbons (Fsp3) is 1.00. The Bertz CT molecular complexity index is 189. The molecule has 2 nitrogen and oxygen atoms in total. The van der Waals surface area contributed by atoms with Crippen LogP contribution in [0.5, 0.6) is 0 Å². The SMILES string of the molecule is CCNC(C)C1CCOC2(CCC2)C1. The molecule has 2 heteroatoms. The maximum Gasteiger partial charge on any atom is 0.0685 e. The van der Waals surface area contributed by atoms with Gasteiger partial charge in [-0.15, -0.1) is 0 Å². The van der Waals surface area contributed by atoms with Gasteiger partial charge in [-0.25, -0.2) is 0 Å².